The number of nitro groups is 1. The summed E-state index contributed by atoms with van der Waals surface area (Å²) in [6.45, 7) is 4.72. The van der Waals surface area contributed by atoms with Gasteiger partial charge in [-0.3, -0.25) is 15.0 Å². The molecule has 0 bridgehead atoms. The number of fused-ring (bicyclic) bond motifs is 1. The van der Waals surface area contributed by atoms with Crippen molar-refractivity contribution in [1.82, 2.24) is 19.6 Å². The zero-order chi connectivity index (χ0) is 18.8. The van der Waals surface area contributed by atoms with Crippen molar-refractivity contribution in [2.24, 2.45) is 0 Å². The standard InChI is InChI=1S/C19H20ClN5O2/c20-15-4-7-18-22-19(14-2-5-16(6-3-14)25(26)27)17(24(18)12-15)13-23-10-1-8-21-9-11-23/h2-7,12,21H,1,8-11,13H2. The third-order valence-electron chi connectivity index (χ3n) is 4.84. The van der Waals surface area contributed by atoms with E-state index in [4.69, 9.17) is 16.6 Å². The van der Waals surface area contributed by atoms with E-state index in [2.05, 4.69) is 10.2 Å². The summed E-state index contributed by atoms with van der Waals surface area (Å²) in [6, 6.07) is 10.3. The quantitative estimate of drug-likeness (QED) is 0.550. The molecular weight excluding hydrogens is 366 g/mol. The van der Waals surface area contributed by atoms with Crippen LogP contribution in [-0.4, -0.2) is 45.4 Å². The van der Waals surface area contributed by atoms with E-state index in [1.54, 1.807) is 12.1 Å². The first kappa shape index (κ1) is 17.9. The second kappa shape index (κ2) is 7.64. The first-order chi connectivity index (χ1) is 13.1. The Balaban J connectivity index is 1.77. The predicted molar refractivity (Wildman–Crippen MR) is 105 cm³/mol. The van der Waals surface area contributed by atoms with E-state index in [1.165, 1.54) is 12.1 Å². The van der Waals surface area contributed by atoms with Gasteiger partial charge in [-0.1, -0.05) is 11.6 Å². The summed E-state index contributed by atoms with van der Waals surface area (Å²) in [5.74, 6) is 0. The molecule has 140 valence electrons. The van der Waals surface area contributed by atoms with Gasteiger partial charge >= 0.3 is 0 Å². The van der Waals surface area contributed by atoms with Crippen molar-refractivity contribution in [3.63, 3.8) is 0 Å². The lowest BCUT2D eigenvalue weighted by Gasteiger charge is -2.20. The lowest BCUT2D eigenvalue weighted by atomic mass is 10.1. The maximum absolute atomic E-state index is 10.9. The van der Waals surface area contributed by atoms with E-state index < -0.39 is 4.92 Å². The Morgan fingerprint density at radius 3 is 2.74 bits per heavy atom. The lowest BCUT2D eigenvalue weighted by molar-refractivity contribution is -0.384. The van der Waals surface area contributed by atoms with E-state index in [9.17, 15) is 10.1 Å². The van der Waals surface area contributed by atoms with E-state index in [0.717, 1.165) is 61.7 Å². The molecule has 1 saturated heterocycles. The van der Waals surface area contributed by atoms with Gasteiger partial charge in [0.05, 0.1) is 21.3 Å². The number of rotatable bonds is 4. The number of nitro benzene ring substituents is 1. The Morgan fingerprint density at radius 1 is 1.15 bits per heavy atom. The molecule has 2 aromatic heterocycles. The molecule has 0 radical (unpaired) electrons. The largest absolute Gasteiger partial charge is 0.315 e. The number of imidazole rings is 1. The fourth-order valence-electron chi connectivity index (χ4n) is 3.46. The lowest BCUT2D eigenvalue weighted by Crippen LogP contribution is -2.28. The Morgan fingerprint density at radius 2 is 1.96 bits per heavy atom. The van der Waals surface area contributed by atoms with Gasteiger partial charge in [-0.05, 0) is 43.8 Å². The average Bonchev–Trinajstić information content (AvgIpc) is 2.83. The summed E-state index contributed by atoms with van der Waals surface area (Å²) in [5, 5.41) is 15.0. The molecule has 3 heterocycles. The first-order valence-corrected chi connectivity index (χ1v) is 9.34. The van der Waals surface area contributed by atoms with E-state index in [0.29, 0.717) is 5.02 Å². The van der Waals surface area contributed by atoms with Crippen molar-refractivity contribution in [2.75, 3.05) is 26.2 Å². The third-order valence-corrected chi connectivity index (χ3v) is 5.06. The zero-order valence-electron chi connectivity index (χ0n) is 14.8. The SMILES string of the molecule is O=[N+]([O-])c1ccc(-c2nc3ccc(Cl)cn3c2CN2CCCNCC2)cc1. The van der Waals surface area contributed by atoms with Crippen molar-refractivity contribution < 1.29 is 4.92 Å². The van der Waals surface area contributed by atoms with Gasteiger partial charge in [-0.25, -0.2) is 4.98 Å². The maximum Gasteiger partial charge on any atom is 0.269 e. The molecule has 1 aromatic carbocycles. The topological polar surface area (TPSA) is 75.7 Å². The van der Waals surface area contributed by atoms with Crippen LogP contribution in [0.15, 0.2) is 42.6 Å². The fraction of sp³-hybridized carbons (Fsp3) is 0.316. The van der Waals surface area contributed by atoms with Crippen LogP contribution in [-0.2, 0) is 6.54 Å². The minimum absolute atomic E-state index is 0.0747. The van der Waals surface area contributed by atoms with Gasteiger partial charge in [0, 0.05) is 43.5 Å². The highest BCUT2D eigenvalue weighted by Gasteiger charge is 2.19. The highest BCUT2D eigenvalue weighted by molar-refractivity contribution is 6.30. The summed E-state index contributed by atoms with van der Waals surface area (Å²) < 4.78 is 2.03. The van der Waals surface area contributed by atoms with Gasteiger partial charge in [0.1, 0.15) is 5.65 Å². The molecule has 0 saturated carbocycles. The average molecular weight is 386 g/mol. The van der Waals surface area contributed by atoms with Crippen molar-refractivity contribution in [3.05, 3.63) is 63.4 Å². The minimum atomic E-state index is -0.391. The molecule has 0 aliphatic carbocycles. The van der Waals surface area contributed by atoms with Crippen LogP contribution in [0, 0.1) is 10.1 Å². The number of pyridine rings is 1. The van der Waals surface area contributed by atoms with Crippen LogP contribution in [0.25, 0.3) is 16.9 Å². The highest BCUT2D eigenvalue weighted by Crippen LogP contribution is 2.28. The van der Waals surface area contributed by atoms with Gasteiger partial charge in [0.15, 0.2) is 0 Å². The summed E-state index contributed by atoms with van der Waals surface area (Å²) in [7, 11) is 0. The highest BCUT2D eigenvalue weighted by atomic mass is 35.5. The smallest absolute Gasteiger partial charge is 0.269 e. The van der Waals surface area contributed by atoms with Crippen molar-refractivity contribution >= 4 is 22.9 Å². The number of benzene rings is 1. The number of nitrogens with zero attached hydrogens (tertiary/aromatic N) is 4. The molecule has 0 unspecified atom stereocenters. The molecule has 0 amide bonds. The normalized spacial score (nSPS) is 15.7. The first-order valence-electron chi connectivity index (χ1n) is 8.96. The van der Waals surface area contributed by atoms with Crippen molar-refractivity contribution in [1.29, 1.82) is 0 Å². The molecule has 1 aliphatic heterocycles. The van der Waals surface area contributed by atoms with Crippen LogP contribution in [0.4, 0.5) is 5.69 Å². The molecule has 1 fully saturated rings. The second-order valence-electron chi connectivity index (χ2n) is 6.67. The number of aromatic nitrogens is 2. The van der Waals surface area contributed by atoms with Crippen LogP contribution < -0.4 is 5.32 Å². The van der Waals surface area contributed by atoms with Crippen LogP contribution >= 0.6 is 11.6 Å². The van der Waals surface area contributed by atoms with Crippen LogP contribution in [0.3, 0.4) is 0 Å². The molecule has 1 N–H and O–H groups in total. The summed E-state index contributed by atoms with van der Waals surface area (Å²) in [5.41, 5.74) is 3.64. The Bertz CT molecular complexity index is 962. The minimum Gasteiger partial charge on any atom is -0.315 e. The molecule has 4 rings (SSSR count). The van der Waals surface area contributed by atoms with Gasteiger partial charge in [0.25, 0.3) is 5.69 Å². The predicted octanol–water partition coefficient (Wildman–Crippen LogP) is 3.36. The zero-order valence-corrected chi connectivity index (χ0v) is 15.5. The summed E-state index contributed by atoms with van der Waals surface area (Å²) in [6.07, 6.45) is 2.98. The number of hydrogen-bond donors (Lipinski definition) is 1. The number of nitrogens with one attached hydrogen (secondary N) is 1. The molecule has 27 heavy (non-hydrogen) atoms. The van der Waals surface area contributed by atoms with E-state index in [-0.39, 0.29) is 5.69 Å². The molecule has 7 nitrogen and oxygen atoms in total. The van der Waals surface area contributed by atoms with Crippen LogP contribution in [0.5, 0.6) is 0 Å². The van der Waals surface area contributed by atoms with Gasteiger partial charge in [-0.2, -0.15) is 0 Å². The van der Waals surface area contributed by atoms with Gasteiger partial charge in [0.2, 0.25) is 0 Å². The number of non-ortho nitro benzene ring substituents is 1. The molecular formula is C19H20ClN5O2. The molecule has 0 spiro atoms. The molecule has 1 aliphatic rings. The molecule has 3 aromatic rings. The summed E-state index contributed by atoms with van der Waals surface area (Å²) >= 11 is 6.22. The van der Waals surface area contributed by atoms with Gasteiger partial charge < -0.3 is 9.72 Å². The maximum atomic E-state index is 10.9. The van der Waals surface area contributed by atoms with Crippen molar-refractivity contribution in [3.8, 4) is 11.3 Å². The Kier molecular flexibility index (Phi) is 5.07. The second-order valence-corrected chi connectivity index (χ2v) is 7.10. The number of hydrogen-bond acceptors (Lipinski definition) is 5. The monoisotopic (exact) mass is 385 g/mol. The van der Waals surface area contributed by atoms with E-state index in [1.807, 2.05) is 22.7 Å². The Labute approximate surface area is 161 Å². The Hall–Kier alpha value is -2.48. The number of halogens is 1. The third kappa shape index (κ3) is 3.80. The van der Waals surface area contributed by atoms with Gasteiger partial charge in [-0.15, -0.1) is 0 Å². The summed E-state index contributed by atoms with van der Waals surface area (Å²) in [4.78, 5) is 17.7. The van der Waals surface area contributed by atoms with Crippen LogP contribution in [0.1, 0.15) is 12.1 Å². The van der Waals surface area contributed by atoms with Crippen LogP contribution in [0.2, 0.25) is 5.02 Å². The fourth-order valence-corrected chi connectivity index (χ4v) is 3.62. The molecule has 8 heteroatoms. The molecule has 0 atom stereocenters. The van der Waals surface area contributed by atoms with Crippen molar-refractivity contribution in [2.45, 2.75) is 13.0 Å². The van der Waals surface area contributed by atoms with E-state index >= 15 is 0 Å².